The molecule has 0 spiro atoms. The van der Waals surface area contributed by atoms with Crippen molar-refractivity contribution >= 4 is 46.6 Å². The fourth-order valence-corrected chi connectivity index (χ4v) is 3.08. The molecule has 0 aliphatic rings. The molecule has 0 fully saturated rings. The minimum atomic E-state index is -0.502. The quantitative estimate of drug-likeness (QED) is 0.487. The highest BCUT2D eigenvalue weighted by Gasteiger charge is 2.17. The summed E-state index contributed by atoms with van der Waals surface area (Å²) in [6.45, 7) is -0.0471. The van der Waals surface area contributed by atoms with Gasteiger partial charge in [0.05, 0.1) is 0 Å². The van der Waals surface area contributed by atoms with Gasteiger partial charge in [-0.15, -0.1) is 11.3 Å². The zero-order chi connectivity index (χ0) is 16.9. The van der Waals surface area contributed by atoms with Crippen molar-refractivity contribution in [3.05, 3.63) is 69.1 Å². The van der Waals surface area contributed by atoms with Crippen molar-refractivity contribution in [2.45, 2.75) is 6.61 Å². The van der Waals surface area contributed by atoms with Crippen LogP contribution in [0.2, 0.25) is 10.4 Å². The van der Waals surface area contributed by atoms with Crippen molar-refractivity contribution < 1.29 is 9.53 Å². The summed E-state index contributed by atoms with van der Waals surface area (Å²) in [5, 5.41) is 2.95. The predicted octanol–water partition coefficient (Wildman–Crippen LogP) is 4.39. The SMILES string of the molecule is O=C(/C=C/c1nccs1)OCc1c(Cl)nc(Cl)n1-c1ccccc1. The lowest BCUT2D eigenvalue weighted by atomic mass is 10.3. The van der Waals surface area contributed by atoms with Crippen LogP contribution in [0.1, 0.15) is 10.7 Å². The van der Waals surface area contributed by atoms with Crippen molar-refractivity contribution in [3.63, 3.8) is 0 Å². The van der Waals surface area contributed by atoms with Gasteiger partial charge < -0.3 is 4.74 Å². The van der Waals surface area contributed by atoms with Crippen molar-refractivity contribution in [2.24, 2.45) is 0 Å². The van der Waals surface area contributed by atoms with Gasteiger partial charge in [0.2, 0.25) is 5.28 Å². The summed E-state index contributed by atoms with van der Waals surface area (Å²) in [6.07, 6.45) is 4.57. The van der Waals surface area contributed by atoms with Crippen molar-refractivity contribution in [1.29, 1.82) is 0 Å². The van der Waals surface area contributed by atoms with Crippen LogP contribution in [0.3, 0.4) is 0 Å². The van der Waals surface area contributed by atoms with Crippen LogP contribution in [0.15, 0.2) is 48.0 Å². The van der Waals surface area contributed by atoms with Crippen molar-refractivity contribution in [3.8, 4) is 5.69 Å². The van der Waals surface area contributed by atoms with Crippen LogP contribution < -0.4 is 0 Å². The van der Waals surface area contributed by atoms with Gasteiger partial charge in [0, 0.05) is 23.3 Å². The van der Waals surface area contributed by atoms with Gasteiger partial charge in [0.15, 0.2) is 5.15 Å². The summed E-state index contributed by atoms with van der Waals surface area (Å²) in [5.74, 6) is -0.502. The van der Waals surface area contributed by atoms with Gasteiger partial charge in [-0.25, -0.2) is 14.8 Å². The number of esters is 1. The summed E-state index contributed by atoms with van der Waals surface area (Å²) >= 11 is 13.7. The molecule has 122 valence electrons. The molecule has 2 heterocycles. The van der Waals surface area contributed by atoms with Crippen LogP contribution >= 0.6 is 34.5 Å². The Morgan fingerprint density at radius 3 is 2.79 bits per heavy atom. The molecule has 0 bridgehead atoms. The van der Waals surface area contributed by atoms with Gasteiger partial charge >= 0.3 is 5.97 Å². The molecule has 0 N–H and O–H groups in total. The third-order valence-corrected chi connectivity index (χ3v) is 4.36. The Balaban J connectivity index is 1.75. The molecule has 3 rings (SSSR count). The van der Waals surface area contributed by atoms with Gasteiger partial charge in [-0.3, -0.25) is 4.57 Å². The second kappa shape index (κ2) is 7.61. The molecule has 24 heavy (non-hydrogen) atoms. The summed E-state index contributed by atoms with van der Waals surface area (Å²) in [5.41, 5.74) is 1.29. The lowest BCUT2D eigenvalue weighted by Crippen LogP contribution is -2.06. The Labute approximate surface area is 152 Å². The monoisotopic (exact) mass is 379 g/mol. The van der Waals surface area contributed by atoms with E-state index < -0.39 is 5.97 Å². The molecular formula is C16H11Cl2N3O2S. The standard InChI is InChI=1S/C16H11Cl2N3O2S/c17-15-12(10-23-14(22)7-6-13-19-8-9-24-13)21(16(18)20-15)11-4-2-1-3-5-11/h1-9H,10H2/b7-6+. The topological polar surface area (TPSA) is 57.0 Å². The Hall–Kier alpha value is -2.15. The molecular weight excluding hydrogens is 369 g/mol. The molecule has 0 amide bonds. The van der Waals surface area contributed by atoms with Crippen LogP contribution in [0.5, 0.6) is 0 Å². The van der Waals surface area contributed by atoms with Crippen LogP contribution in [0.25, 0.3) is 11.8 Å². The molecule has 0 aliphatic heterocycles. The number of carbonyl (C=O) groups excluding carboxylic acids is 1. The minimum absolute atomic E-state index is 0.0471. The first-order valence-corrected chi connectivity index (χ1v) is 8.51. The Morgan fingerprint density at radius 1 is 1.29 bits per heavy atom. The molecule has 0 unspecified atom stereocenters. The van der Waals surface area contributed by atoms with E-state index in [2.05, 4.69) is 9.97 Å². The molecule has 8 heteroatoms. The zero-order valence-corrected chi connectivity index (χ0v) is 14.6. The lowest BCUT2D eigenvalue weighted by molar-refractivity contribution is -0.139. The number of carbonyl (C=O) groups is 1. The van der Waals surface area contributed by atoms with Crippen molar-refractivity contribution in [2.75, 3.05) is 0 Å². The molecule has 2 aromatic heterocycles. The van der Waals surface area contributed by atoms with E-state index in [4.69, 9.17) is 27.9 Å². The number of benzene rings is 1. The maximum Gasteiger partial charge on any atom is 0.331 e. The maximum absolute atomic E-state index is 11.8. The highest BCUT2D eigenvalue weighted by molar-refractivity contribution is 7.10. The number of halogens is 2. The van der Waals surface area contributed by atoms with Gasteiger partial charge in [-0.1, -0.05) is 29.8 Å². The highest BCUT2D eigenvalue weighted by atomic mass is 35.5. The number of thiazole rings is 1. The third-order valence-electron chi connectivity index (χ3n) is 3.06. The van der Waals surface area contributed by atoms with E-state index in [0.29, 0.717) is 5.69 Å². The number of hydrogen-bond acceptors (Lipinski definition) is 5. The zero-order valence-electron chi connectivity index (χ0n) is 12.2. The van der Waals surface area contributed by atoms with E-state index in [9.17, 15) is 4.79 Å². The van der Waals surface area contributed by atoms with E-state index in [0.717, 1.165) is 10.7 Å². The fourth-order valence-electron chi connectivity index (χ4n) is 2.01. The summed E-state index contributed by atoms with van der Waals surface area (Å²) in [7, 11) is 0. The van der Waals surface area contributed by atoms with Crippen LogP contribution in [-0.2, 0) is 16.1 Å². The first-order chi connectivity index (χ1) is 11.6. The average molecular weight is 380 g/mol. The van der Waals surface area contributed by atoms with Gasteiger partial charge in [-0.05, 0) is 29.8 Å². The number of ether oxygens (including phenoxy) is 1. The summed E-state index contributed by atoms with van der Waals surface area (Å²) in [4.78, 5) is 19.9. The lowest BCUT2D eigenvalue weighted by Gasteiger charge is -2.09. The number of hydrogen-bond donors (Lipinski definition) is 0. The molecule has 0 saturated heterocycles. The minimum Gasteiger partial charge on any atom is -0.456 e. The van der Waals surface area contributed by atoms with E-state index in [1.165, 1.54) is 17.4 Å². The molecule has 0 radical (unpaired) electrons. The second-order valence-corrected chi connectivity index (χ2v) is 6.22. The molecule has 0 atom stereocenters. The van der Waals surface area contributed by atoms with E-state index in [1.54, 1.807) is 16.8 Å². The van der Waals surface area contributed by atoms with Gasteiger partial charge in [-0.2, -0.15) is 0 Å². The average Bonchev–Trinajstić information content (AvgIpc) is 3.19. The fraction of sp³-hybridized carbons (Fsp3) is 0.0625. The first kappa shape index (κ1) is 16.7. The van der Waals surface area contributed by atoms with Crippen molar-refractivity contribution in [1.82, 2.24) is 14.5 Å². The third kappa shape index (κ3) is 3.84. The molecule has 5 nitrogen and oxygen atoms in total. The van der Waals surface area contributed by atoms with E-state index >= 15 is 0 Å². The van der Waals surface area contributed by atoms with Crippen LogP contribution in [-0.4, -0.2) is 20.5 Å². The van der Waals surface area contributed by atoms with E-state index in [1.807, 2.05) is 35.7 Å². The summed E-state index contributed by atoms with van der Waals surface area (Å²) < 4.78 is 6.87. The molecule has 1 aromatic carbocycles. The van der Waals surface area contributed by atoms with E-state index in [-0.39, 0.29) is 17.0 Å². The maximum atomic E-state index is 11.8. The number of imidazole rings is 1. The van der Waals surface area contributed by atoms with Gasteiger partial charge in [0.25, 0.3) is 0 Å². The number of nitrogens with zero attached hydrogens (tertiary/aromatic N) is 3. The predicted molar refractivity (Wildman–Crippen MR) is 94.5 cm³/mol. The van der Waals surface area contributed by atoms with Gasteiger partial charge in [0.1, 0.15) is 17.3 Å². The Morgan fingerprint density at radius 2 is 2.08 bits per heavy atom. The molecule has 3 aromatic rings. The smallest absolute Gasteiger partial charge is 0.331 e. The van der Waals surface area contributed by atoms with Crippen LogP contribution in [0, 0.1) is 0 Å². The second-order valence-electron chi connectivity index (χ2n) is 4.60. The summed E-state index contributed by atoms with van der Waals surface area (Å²) in [6, 6.07) is 9.34. The van der Waals surface area contributed by atoms with Crippen LogP contribution in [0.4, 0.5) is 0 Å². The molecule has 0 aliphatic carbocycles. The number of aromatic nitrogens is 3. The normalized spacial score (nSPS) is 11.1. The largest absolute Gasteiger partial charge is 0.456 e. The highest BCUT2D eigenvalue weighted by Crippen LogP contribution is 2.26. The Kier molecular flexibility index (Phi) is 5.30. The number of rotatable bonds is 5. The number of para-hydroxylation sites is 1. The first-order valence-electron chi connectivity index (χ1n) is 6.87. The molecule has 0 saturated carbocycles. The Bertz CT molecular complexity index is 861.